The molecule has 0 aromatic heterocycles. The van der Waals surface area contributed by atoms with Gasteiger partial charge in [-0.25, -0.2) is 0 Å². The Balaban J connectivity index is 2.39. The Morgan fingerprint density at radius 1 is 1.58 bits per heavy atom. The molecular formula is C10H18O2. The number of Topliss-reactive ketones (excluding diaryl/α,β-unsaturated/α-hetero) is 1. The predicted molar refractivity (Wildman–Crippen MR) is 47.9 cm³/mol. The Morgan fingerprint density at radius 3 is 2.67 bits per heavy atom. The van der Waals surface area contributed by atoms with Crippen molar-refractivity contribution in [3.05, 3.63) is 0 Å². The maximum absolute atomic E-state index is 11.4. The highest BCUT2D eigenvalue weighted by Crippen LogP contribution is 2.42. The van der Waals surface area contributed by atoms with Crippen LogP contribution in [0.25, 0.3) is 0 Å². The minimum Gasteiger partial charge on any atom is -0.377 e. The topological polar surface area (TPSA) is 26.3 Å². The lowest BCUT2D eigenvalue weighted by atomic mass is 9.63. The Hall–Kier alpha value is -0.370. The first kappa shape index (κ1) is 9.72. The number of carbonyl (C=O) groups is 1. The van der Waals surface area contributed by atoms with Crippen molar-refractivity contribution >= 4 is 5.78 Å². The van der Waals surface area contributed by atoms with Crippen LogP contribution in [0.15, 0.2) is 0 Å². The molecule has 2 heteroatoms. The number of ketones is 1. The fourth-order valence-corrected chi connectivity index (χ4v) is 2.26. The first-order chi connectivity index (χ1) is 5.70. The number of methoxy groups -OCH3 is 1. The fourth-order valence-electron chi connectivity index (χ4n) is 2.26. The normalized spacial score (nSPS) is 34.4. The largest absolute Gasteiger partial charge is 0.377 e. The molecular weight excluding hydrogens is 152 g/mol. The predicted octanol–water partition coefficient (Wildman–Crippen LogP) is 1.88. The van der Waals surface area contributed by atoms with Crippen molar-refractivity contribution in [2.45, 2.75) is 26.7 Å². The van der Waals surface area contributed by atoms with E-state index in [9.17, 15) is 4.79 Å². The highest BCUT2D eigenvalue weighted by atomic mass is 16.5. The van der Waals surface area contributed by atoms with Gasteiger partial charge in [-0.1, -0.05) is 20.3 Å². The van der Waals surface area contributed by atoms with E-state index in [0.717, 1.165) is 18.8 Å². The first-order valence-electron chi connectivity index (χ1n) is 4.72. The molecule has 0 radical (unpaired) electrons. The Kier molecular flexibility index (Phi) is 3.27. The summed E-state index contributed by atoms with van der Waals surface area (Å²) >= 11 is 0. The van der Waals surface area contributed by atoms with Crippen molar-refractivity contribution in [3.8, 4) is 0 Å². The van der Waals surface area contributed by atoms with Gasteiger partial charge in [-0.05, 0) is 18.3 Å². The molecule has 3 atom stereocenters. The van der Waals surface area contributed by atoms with Gasteiger partial charge in [-0.2, -0.15) is 0 Å². The lowest BCUT2D eigenvalue weighted by Gasteiger charge is -2.41. The molecule has 0 spiro atoms. The third-order valence-electron chi connectivity index (χ3n) is 3.05. The zero-order valence-corrected chi connectivity index (χ0v) is 8.17. The van der Waals surface area contributed by atoms with Crippen LogP contribution in [-0.2, 0) is 9.53 Å². The van der Waals surface area contributed by atoms with E-state index in [1.165, 1.54) is 0 Å². The third kappa shape index (κ3) is 1.69. The van der Waals surface area contributed by atoms with Crippen molar-refractivity contribution in [2.75, 3.05) is 13.7 Å². The lowest BCUT2D eigenvalue weighted by Crippen LogP contribution is -2.41. The summed E-state index contributed by atoms with van der Waals surface area (Å²) in [6.07, 6.45) is 2.20. The minimum absolute atomic E-state index is 0.294. The smallest absolute Gasteiger partial charge is 0.161 e. The van der Waals surface area contributed by atoms with Crippen molar-refractivity contribution < 1.29 is 9.53 Å². The number of hydrogen-bond donors (Lipinski definition) is 0. The molecule has 0 heterocycles. The van der Waals surface area contributed by atoms with Crippen molar-refractivity contribution in [1.82, 2.24) is 0 Å². The van der Waals surface area contributed by atoms with Crippen LogP contribution >= 0.6 is 0 Å². The quantitative estimate of drug-likeness (QED) is 0.644. The summed E-state index contributed by atoms with van der Waals surface area (Å²) < 4.78 is 4.84. The number of hydrogen-bond acceptors (Lipinski definition) is 2. The molecule has 70 valence electrons. The number of ether oxygens (including phenoxy) is 1. The second kappa shape index (κ2) is 4.04. The molecule has 1 fully saturated rings. The van der Waals surface area contributed by atoms with E-state index in [4.69, 9.17) is 4.74 Å². The number of carbonyl (C=O) groups excluding carboxylic acids is 1. The standard InChI is InChI=1S/C10H18O2/c1-4-8-7(2)5-9(8)10(11)6-12-3/h7-9H,4-6H2,1-3H3. The van der Waals surface area contributed by atoms with Gasteiger partial charge >= 0.3 is 0 Å². The number of rotatable bonds is 4. The Morgan fingerprint density at radius 2 is 2.25 bits per heavy atom. The van der Waals surface area contributed by atoms with E-state index < -0.39 is 0 Å². The first-order valence-corrected chi connectivity index (χ1v) is 4.72. The maximum atomic E-state index is 11.4. The van der Waals surface area contributed by atoms with Gasteiger partial charge in [0.15, 0.2) is 5.78 Å². The van der Waals surface area contributed by atoms with Crippen molar-refractivity contribution in [3.63, 3.8) is 0 Å². The molecule has 12 heavy (non-hydrogen) atoms. The zero-order valence-electron chi connectivity index (χ0n) is 8.17. The molecule has 0 N–H and O–H groups in total. The molecule has 1 aliphatic rings. The van der Waals surface area contributed by atoms with Gasteiger partial charge in [0.2, 0.25) is 0 Å². The van der Waals surface area contributed by atoms with Crippen LogP contribution in [0.1, 0.15) is 26.7 Å². The van der Waals surface area contributed by atoms with Crippen LogP contribution in [0.3, 0.4) is 0 Å². The average Bonchev–Trinajstić information content (AvgIpc) is 2.01. The summed E-state index contributed by atoms with van der Waals surface area (Å²) in [7, 11) is 1.58. The summed E-state index contributed by atoms with van der Waals surface area (Å²) in [6.45, 7) is 4.69. The van der Waals surface area contributed by atoms with Crippen molar-refractivity contribution in [1.29, 1.82) is 0 Å². The Bertz CT molecular complexity index is 165. The summed E-state index contributed by atoms with van der Waals surface area (Å²) in [6, 6.07) is 0. The second-order valence-corrected chi connectivity index (χ2v) is 3.79. The monoisotopic (exact) mass is 170 g/mol. The average molecular weight is 170 g/mol. The van der Waals surface area contributed by atoms with Crippen LogP contribution in [-0.4, -0.2) is 19.5 Å². The zero-order chi connectivity index (χ0) is 9.14. The molecule has 0 amide bonds. The highest BCUT2D eigenvalue weighted by molar-refractivity contribution is 5.83. The van der Waals surface area contributed by atoms with Gasteiger partial charge in [-0.15, -0.1) is 0 Å². The fraction of sp³-hybridized carbons (Fsp3) is 0.900. The van der Waals surface area contributed by atoms with Gasteiger partial charge in [-0.3, -0.25) is 4.79 Å². The summed E-state index contributed by atoms with van der Waals surface area (Å²) in [4.78, 5) is 11.4. The van der Waals surface area contributed by atoms with E-state index >= 15 is 0 Å². The Labute approximate surface area is 74.3 Å². The second-order valence-electron chi connectivity index (χ2n) is 3.79. The van der Waals surface area contributed by atoms with E-state index in [1.807, 2.05) is 0 Å². The molecule has 0 aromatic rings. The molecule has 0 saturated heterocycles. The molecule has 0 bridgehead atoms. The molecule has 2 nitrogen and oxygen atoms in total. The van der Waals surface area contributed by atoms with Gasteiger partial charge in [0.05, 0.1) is 0 Å². The van der Waals surface area contributed by atoms with E-state index in [2.05, 4.69) is 13.8 Å². The van der Waals surface area contributed by atoms with Crippen LogP contribution in [0, 0.1) is 17.8 Å². The SMILES string of the molecule is CCC1C(C)CC1C(=O)COC. The summed E-state index contributed by atoms with van der Waals surface area (Å²) in [5.74, 6) is 1.95. The van der Waals surface area contributed by atoms with Gasteiger partial charge in [0, 0.05) is 13.0 Å². The maximum Gasteiger partial charge on any atom is 0.161 e. The molecule has 1 aliphatic carbocycles. The van der Waals surface area contributed by atoms with Crippen LogP contribution in [0.2, 0.25) is 0 Å². The van der Waals surface area contributed by atoms with E-state index in [1.54, 1.807) is 7.11 Å². The van der Waals surface area contributed by atoms with Crippen molar-refractivity contribution in [2.24, 2.45) is 17.8 Å². The van der Waals surface area contributed by atoms with E-state index in [0.29, 0.717) is 24.2 Å². The molecule has 1 rings (SSSR count). The lowest BCUT2D eigenvalue weighted by molar-refractivity contribution is -0.134. The van der Waals surface area contributed by atoms with Gasteiger partial charge in [0.1, 0.15) is 6.61 Å². The molecule has 0 aliphatic heterocycles. The highest BCUT2D eigenvalue weighted by Gasteiger charge is 2.40. The van der Waals surface area contributed by atoms with Crippen LogP contribution in [0.5, 0.6) is 0 Å². The molecule has 3 unspecified atom stereocenters. The minimum atomic E-state index is 0.294. The molecule has 0 aromatic carbocycles. The van der Waals surface area contributed by atoms with Gasteiger partial charge < -0.3 is 4.74 Å². The summed E-state index contributed by atoms with van der Waals surface area (Å²) in [5.41, 5.74) is 0. The third-order valence-corrected chi connectivity index (χ3v) is 3.05. The van der Waals surface area contributed by atoms with Crippen LogP contribution < -0.4 is 0 Å². The van der Waals surface area contributed by atoms with E-state index in [-0.39, 0.29) is 0 Å². The molecule has 1 saturated carbocycles. The van der Waals surface area contributed by atoms with Gasteiger partial charge in [0.25, 0.3) is 0 Å². The summed E-state index contributed by atoms with van der Waals surface area (Å²) in [5, 5.41) is 0. The van der Waals surface area contributed by atoms with Crippen LogP contribution in [0.4, 0.5) is 0 Å².